The Hall–Kier alpha value is -1.35. The van der Waals surface area contributed by atoms with Gasteiger partial charge in [-0.2, -0.15) is 0 Å². The number of carbonyl (C=O) groups excluding carboxylic acids is 1. The van der Waals surface area contributed by atoms with E-state index >= 15 is 0 Å². The molecule has 104 valence electrons. The van der Waals surface area contributed by atoms with Crippen molar-refractivity contribution in [1.29, 1.82) is 0 Å². The molecule has 0 spiro atoms. The molecule has 1 heterocycles. The first-order valence-electron chi connectivity index (χ1n) is 7.11. The van der Waals surface area contributed by atoms with Crippen molar-refractivity contribution >= 4 is 5.91 Å². The van der Waals surface area contributed by atoms with Gasteiger partial charge in [0.15, 0.2) is 0 Å². The maximum Gasteiger partial charge on any atom is 0.254 e. The van der Waals surface area contributed by atoms with Crippen molar-refractivity contribution in [2.45, 2.75) is 33.1 Å². The monoisotopic (exact) mass is 260 g/mol. The number of rotatable bonds is 4. The van der Waals surface area contributed by atoms with Crippen molar-refractivity contribution < 1.29 is 4.79 Å². The molecule has 1 aromatic rings. The number of amides is 1. The molecule has 1 amide bonds. The normalized spacial score (nSPS) is 16.2. The van der Waals surface area contributed by atoms with Crippen LogP contribution in [0.25, 0.3) is 0 Å². The number of aryl methyl sites for hydroxylation is 1. The van der Waals surface area contributed by atoms with Crippen LogP contribution in [0.4, 0.5) is 0 Å². The number of nitrogens with two attached hydrogens (primary N) is 1. The van der Waals surface area contributed by atoms with Crippen molar-refractivity contribution in [3.8, 4) is 0 Å². The topological polar surface area (TPSA) is 46.3 Å². The summed E-state index contributed by atoms with van der Waals surface area (Å²) in [7, 11) is 0. The summed E-state index contributed by atoms with van der Waals surface area (Å²) < 4.78 is 0. The minimum Gasteiger partial charge on any atom is -0.339 e. The molecule has 2 rings (SSSR count). The van der Waals surface area contributed by atoms with E-state index in [1.165, 1.54) is 5.56 Å². The van der Waals surface area contributed by atoms with Gasteiger partial charge < -0.3 is 10.6 Å². The van der Waals surface area contributed by atoms with Gasteiger partial charge in [-0.15, -0.1) is 0 Å². The van der Waals surface area contributed by atoms with Crippen molar-refractivity contribution in [2.75, 3.05) is 19.6 Å². The van der Waals surface area contributed by atoms with Gasteiger partial charge in [0, 0.05) is 18.7 Å². The van der Waals surface area contributed by atoms with E-state index < -0.39 is 0 Å². The fourth-order valence-electron chi connectivity index (χ4n) is 2.43. The van der Waals surface area contributed by atoms with Crippen LogP contribution in [0.1, 0.15) is 42.6 Å². The Bertz CT molecular complexity index is 454. The number of hydrogen-bond donors (Lipinski definition) is 1. The van der Waals surface area contributed by atoms with E-state index in [1.54, 1.807) is 0 Å². The summed E-state index contributed by atoms with van der Waals surface area (Å²) in [5.74, 6) is 0.181. The Morgan fingerprint density at radius 3 is 2.79 bits per heavy atom. The maximum atomic E-state index is 12.5. The SMILES string of the molecule is CC(C)(CN)CCN1CCCc2ccccc2C1=O. The number of benzene rings is 1. The second-order valence-electron chi connectivity index (χ2n) is 6.17. The first kappa shape index (κ1) is 14.1. The highest BCUT2D eigenvalue weighted by Gasteiger charge is 2.24. The molecule has 0 aromatic heterocycles. The van der Waals surface area contributed by atoms with Gasteiger partial charge in [-0.25, -0.2) is 0 Å². The lowest BCUT2D eigenvalue weighted by molar-refractivity contribution is 0.0741. The average molecular weight is 260 g/mol. The molecule has 1 aliphatic heterocycles. The van der Waals surface area contributed by atoms with Crippen LogP contribution in [0.3, 0.4) is 0 Å². The maximum absolute atomic E-state index is 12.5. The molecule has 3 heteroatoms. The fourth-order valence-corrected chi connectivity index (χ4v) is 2.43. The zero-order valence-electron chi connectivity index (χ0n) is 12.0. The second-order valence-corrected chi connectivity index (χ2v) is 6.17. The van der Waals surface area contributed by atoms with Crippen molar-refractivity contribution in [1.82, 2.24) is 4.90 Å². The minimum atomic E-state index is 0.103. The summed E-state index contributed by atoms with van der Waals surface area (Å²) in [6.07, 6.45) is 3.00. The highest BCUT2D eigenvalue weighted by atomic mass is 16.2. The Morgan fingerprint density at radius 2 is 2.05 bits per heavy atom. The average Bonchev–Trinajstić information content (AvgIpc) is 2.57. The van der Waals surface area contributed by atoms with Gasteiger partial charge in [-0.05, 0) is 42.9 Å². The molecule has 0 aliphatic carbocycles. The van der Waals surface area contributed by atoms with Gasteiger partial charge in [0.05, 0.1) is 0 Å². The smallest absolute Gasteiger partial charge is 0.254 e. The van der Waals surface area contributed by atoms with Crippen molar-refractivity contribution in [3.05, 3.63) is 35.4 Å². The highest BCUT2D eigenvalue weighted by Crippen LogP contribution is 2.22. The third kappa shape index (κ3) is 3.35. The van der Waals surface area contributed by atoms with Gasteiger partial charge in [0.1, 0.15) is 0 Å². The largest absolute Gasteiger partial charge is 0.339 e. The van der Waals surface area contributed by atoms with Crippen molar-refractivity contribution in [2.24, 2.45) is 11.1 Å². The first-order chi connectivity index (χ1) is 9.03. The number of fused-ring (bicyclic) bond motifs is 1. The Balaban J connectivity index is 2.09. The fraction of sp³-hybridized carbons (Fsp3) is 0.562. The van der Waals surface area contributed by atoms with Crippen LogP contribution in [0.5, 0.6) is 0 Å². The quantitative estimate of drug-likeness (QED) is 0.904. The van der Waals surface area contributed by atoms with Gasteiger partial charge in [0.25, 0.3) is 5.91 Å². The van der Waals surface area contributed by atoms with Crippen LogP contribution in [-0.4, -0.2) is 30.4 Å². The molecule has 19 heavy (non-hydrogen) atoms. The zero-order valence-corrected chi connectivity index (χ0v) is 12.0. The van der Waals surface area contributed by atoms with E-state index in [2.05, 4.69) is 19.9 Å². The Labute approximate surface area is 115 Å². The third-order valence-electron chi connectivity index (χ3n) is 4.02. The lowest BCUT2D eigenvalue weighted by Gasteiger charge is -2.28. The van der Waals surface area contributed by atoms with Gasteiger partial charge >= 0.3 is 0 Å². The standard InChI is InChI=1S/C16H24N2O/c1-16(2,12-17)9-11-18-10-5-7-13-6-3-4-8-14(13)15(18)19/h3-4,6,8H,5,7,9-12,17H2,1-2H3. The summed E-state index contributed by atoms with van der Waals surface area (Å²) >= 11 is 0. The Kier molecular flexibility index (Phi) is 4.25. The summed E-state index contributed by atoms with van der Waals surface area (Å²) in [6.45, 7) is 6.63. The second kappa shape index (κ2) is 5.74. The Morgan fingerprint density at radius 1 is 1.32 bits per heavy atom. The lowest BCUT2D eigenvalue weighted by Crippen LogP contribution is -2.36. The molecule has 0 fully saturated rings. The molecule has 1 aromatic carbocycles. The summed E-state index contributed by atoms with van der Waals surface area (Å²) in [4.78, 5) is 14.5. The third-order valence-corrected chi connectivity index (χ3v) is 4.02. The predicted molar refractivity (Wildman–Crippen MR) is 78.1 cm³/mol. The van der Waals surface area contributed by atoms with Crippen LogP contribution < -0.4 is 5.73 Å². The van der Waals surface area contributed by atoms with Gasteiger partial charge in [0.2, 0.25) is 0 Å². The van der Waals surface area contributed by atoms with E-state index in [0.717, 1.165) is 37.9 Å². The van der Waals surface area contributed by atoms with E-state index in [-0.39, 0.29) is 11.3 Å². The number of hydrogen-bond acceptors (Lipinski definition) is 2. The molecule has 0 saturated heterocycles. The molecular weight excluding hydrogens is 236 g/mol. The van der Waals surface area contributed by atoms with Crippen LogP contribution in [0.2, 0.25) is 0 Å². The minimum absolute atomic E-state index is 0.103. The van der Waals surface area contributed by atoms with E-state index in [9.17, 15) is 4.79 Å². The van der Waals surface area contributed by atoms with E-state index in [4.69, 9.17) is 5.73 Å². The molecule has 0 atom stereocenters. The summed E-state index contributed by atoms with van der Waals surface area (Å²) in [5, 5.41) is 0. The van der Waals surface area contributed by atoms with Crippen LogP contribution in [0, 0.1) is 5.41 Å². The molecule has 0 radical (unpaired) electrons. The predicted octanol–water partition coefficient (Wildman–Crippen LogP) is 2.45. The molecule has 0 saturated carbocycles. The molecular formula is C16H24N2O. The molecule has 3 nitrogen and oxygen atoms in total. The summed E-state index contributed by atoms with van der Waals surface area (Å²) in [5.41, 5.74) is 7.93. The van der Waals surface area contributed by atoms with Gasteiger partial charge in [-0.3, -0.25) is 4.79 Å². The molecule has 0 unspecified atom stereocenters. The molecule has 0 bridgehead atoms. The molecule has 1 aliphatic rings. The van der Waals surface area contributed by atoms with E-state index in [1.807, 2.05) is 23.1 Å². The lowest BCUT2D eigenvalue weighted by atomic mass is 9.89. The van der Waals surface area contributed by atoms with Crippen LogP contribution in [-0.2, 0) is 6.42 Å². The van der Waals surface area contributed by atoms with Gasteiger partial charge in [-0.1, -0.05) is 32.0 Å². The van der Waals surface area contributed by atoms with Crippen LogP contribution in [0.15, 0.2) is 24.3 Å². The van der Waals surface area contributed by atoms with Crippen LogP contribution >= 0.6 is 0 Å². The van der Waals surface area contributed by atoms with Crippen molar-refractivity contribution in [3.63, 3.8) is 0 Å². The number of carbonyl (C=O) groups is 1. The number of nitrogens with zero attached hydrogens (tertiary/aromatic N) is 1. The zero-order chi connectivity index (χ0) is 13.9. The summed E-state index contributed by atoms with van der Waals surface area (Å²) in [6, 6.07) is 7.98. The van der Waals surface area contributed by atoms with E-state index in [0.29, 0.717) is 6.54 Å². The molecule has 2 N–H and O–H groups in total. The first-order valence-corrected chi connectivity index (χ1v) is 7.11. The highest BCUT2D eigenvalue weighted by molar-refractivity contribution is 5.96.